The summed E-state index contributed by atoms with van der Waals surface area (Å²) in [4.78, 5) is 11.5. The second-order valence-corrected chi connectivity index (χ2v) is 6.34. The topological polar surface area (TPSA) is 54.0 Å². The smallest absolute Gasteiger partial charge is 0.450 e. The van der Waals surface area contributed by atoms with Gasteiger partial charge in [-0.15, -0.1) is 0 Å². The summed E-state index contributed by atoms with van der Waals surface area (Å²) in [5.41, 5.74) is -4.52. The lowest BCUT2D eigenvalue weighted by Crippen LogP contribution is -2.79. The molecule has 146 valence electrons. The van der Waals surface area contributed by atoms with Crippen molar-refractivity contribution in [1.29, 1.82) is 0 Å². The van der Waals surface area contributed by atoms with Gasteiger partial charge in [0.1, 0.15) is 12.2 Å². The van der Waals surface area contributed by atoms with E-state index in [-0.39, 0.29) is 5.57 Å². The molecule has 3 atom stereocenters. The van der Waals surface area contributed by atoms with Crippen LogP contribution >= 0.6 is 0 Å². The highest BCUT2D eigenvalue weighted by atomic mass is 19.4. The molecule has 0 amide bonds. The number of carbonyl (C=O) groups excluding carboxylic acids is 1. The second-order valence-electron chi connectivity index (χ2n) is 6.34. The maximum absolute atomic E-state index is 15.0. The van der Waals surface area contributed by atoms with Crippen LogP contribution in [0.3, 0.4) is 0 Å². The first-order valence-electron chi connectivity index (χ1n) is 7.17. The molecule has 10 heteroatoms. The van der Waals surface area contributed by atoms with Crippen molar-refractivity contribution in [3.8, 4) is 0 Å². The van der Waals surface area contributed by atoms with Crippen LogP contribution in [-0.2, 0) is 23.7 Å². The largest absolute Gasteiger partial charge is 0.462 e. The molecule has 1 aliphatic heterocycles. The first kappa shape index (κ1) is 21.8. The Bertz CT molecular complexity index is 549. The zero-order chi connectivity index (χ0) is 19.9. The van der Waals surface area contributed by atoms with E-state index in [0.717, 1.165) is 14.0 Å². The Morgan fingerprint density at radius 3 is 2.08 bits per heavy atom. The molecule has 0 radical (unpaired) electrons. The number of esters is 1. The second kappa shape index (κ2) is 6.48. The summed E-state index contributed by atoms with van der Waals surface area (Å²) in [6, 6.07) is 0. The van der Waals surface area contributed by atoms with E-state index in [2.05, 4.69) is 16.1 Å². The molecule has 3 unspecified atom stereocenters. The molecule has 0 bridgehead atoms. The highest BCUT2D eigenvalue weighted by molar-refractivity contribution is 5.86. The van der Waals surface area contributed by atoms with Crippen LogP contribution < -0.4 is 0 Å². The lowest BCUT2D eigenvalue weighted by Gasteiger charge is -2.58. The van der Waals surface area contributed by atoms with Crippen LogP contribution in [0.2, 0.25) is 0 Å². The molecule has 1 heterocycles. The molecule has 0 saturated carbocycles. The van der Waals surface area contributed by atoms with Crippen LogP contribution in [0, 0.1) is 5.41 Å². The Kier molecular flexibility index (Phi) is 5.64. The molecule has 1 rings (SSSR count). The zero-order valence-electron chi connectivity index (χ0n) is 14.6. The Morgan fingerprint density at radius 1 is 1.20 bits per heavy atom. The SMILES string of the molecule is C=C(C)C(=O)OCC1(C)COC(OC)(C(F)(F)F)C(F)(F)C1(C)OC. The molecule has 0 aliphatic carbocycles. The molecule has 0 aromatic rings. The normalized spacial score (nSPS) is 35.3. The Morgan fingerprint density at radius 2 is 1.72 bits per heavy atom. The van der Waals surface area contributed by atoms with Gasteiger partial charge in [-0.1, -0.05) is 13.5 Å². The summed E-state index contributed by atoms with van der Waals surface area (Å²) in [6.07, 6.45) is -5.54. The van der Waals surface area contributed by atoms with Crippen molar-refractivity contribution in [3.63, 3.8) is 0 Å². The van der Waals surface area contributed by atoms with Gasteiger partial charge in [0.05, 0.1) is 12.0 Å². The highest BCUT2D eigenvalue weighted by Crippen LogP contribution is 2.60. The van der Waals surface area contributed by atoms with Gasteiger partial charge in [0, 0.05) is 19.8 Å². The molecule has 0 aromatic heterocycles. The van der Waals surface area contributed by atoms with Crippen molar-refractivity contribution >= 4 is 5.97 Å². The van der Waals surface area contributed by atoms with Gasteiger partial charge in [0.2, 0.25) is 0 Å². The van der Waals surface area contributed by atoms with Crippen molar-refractivity contribution in [2.24, 2.45) is 5.41 Å². The van der Waals surface area contributed by atoms with Gasteiger partial charge in [0.15, 0.2) is 0 Å². The summed E-state index contributed by atoms with van der Waals surface area (Å²) in [5.74, 6) is -9.73. The minimum Gasteiger partial charge on any atom is -0.462 e. The van der Waals surface area contributed by atoms with Crippen molar-refractivity contribution in [2.45, 2.75) is 44.3 Å². The fourth-order valence-electron chi connectivity index (χ4n) is 2.65. The third-order valence-corrected chi connectivity index (χ3v) is 4.70. The number of rotatable bonds is 5. The monoisotopic (exact) mass is 376 g/mol. The number of hydrogen-bond donors (Lipinski definition) is 0. The number of methoxy groups -OCH3 is 2. The average Bonchev–Trinajstić information content (AvgIpc) is 2.49. The van der Waals surface area contributed by atoms with Gasteiger partial charge >= 0.3 is 23.9 Å². The van der Waals surface area contributed by atoms with E-state index in [1.54, 1.807) is 0 Å². The van der Waals surface area contributed by atoms with Crippen LogP contribution in [0.5, 0.6) is 0 Å². The number of alkyl halides is 5. The Hall–Kier alpha value is -1.26. The molecule has 1 aliphatic rings. The number of carbonyl (C=O) groups is 1. The molecule has 0 spiro atoms. The Balaban J connectivity index is 3.37. The molecule has 0 N–H and O–H groups in total. The van der Waals surface area contributed by atoms with E-state index < -0.39 is 48.1 Å². The number of halogens is 5. The van der Waals surface area contributed by atoms with Crippen molar-refractivity contribution < 1.29 is 45.7 Å². The summed E-state index contributed by atoms with van der Waals surface area (Å²) < 4.78 is 88.4. The maximum atomic E-state index is 15.0. The van der Waals surface area contributed by atoms with Gasteiger partial charge in [-0.25, -0.2) is 4.79 Å². The third-order valence-electron chi connectivity index (χ3n) is 4.70. The van der Waals surface area contributed by atoms with Crippen LogP contribution in [0.25, 0.3) is 0 Å². The Labute approximate surface area is 142 Å². The van der Waals surface area contributed by atoms with Gasteiger partial charge in [0.25, 0.3) is 0 Å². The zero-order valence-corrected chi connectivity index (χ0v) is 14.6. The molecule has 5 nitrogen and oxygen atoms in total. The highest BCUT2D eigenvalue weighted by Gasteiger charge is 2.84. The molecule has 25 heavy (non-hydrogen) atoms. The first-order chi connectivity index (χ1) is 11.2. The average molecular weight is 376 g/mol. The van der Waals surface area contributed by atoms with Crippen LogP contribution in [0.4, 0.5) is 22.0 Å². The van der Waals surface area contributed by atoms with Crippen LogP contribution in [0.15, 0.2) is 12.2 Å². The van der Waals surface area contributed by atoms with Crippen molar-refractivity contribution in [2.75, 3.05) is 27.4 Å². The van der Waals surface area contributed by atoms with E-state index >= 15 is 0 Å². The maximum Gasteiger partial charge on any atom is 0.450 e. The number of hydrogen-bond acceptors (Lipinski definition) is 5. The van der Waals surface area contributed by atoms with Gasteiger partial charge < -0.3 is 18.9 Å². The molecular weight excluding hydrogens is 355 g/mol. The third kappa shape index (κ3) is 2.93. The quantitative estimate of drug-likeness (QED) is 0.419. The predicted molar refractivity (Wildman–Crippen MR) is 76.0 cm³/mol. The van der Waals surface area contributed by atoms with Crippen molar-refractivity contribution in [3.05, 3.63) is 12.2 Å². The molecule has 0 aromatic carbocycles. The summed E-state index contributed by atoms with van der Waals surface area (Å²) in [6.45, 7) is 5.12. The lowest BCUT2D eigenvalue weighted by atomic mass is 9.67. The number of ether oxygens (including phenoxy) is 4. The minimum absolute atomic E-state index is 0.00716. The van der Waals surface area contributed by atoms with E-state index in [9.17, 15) is 26.7 Å². The van der Waals surface area contributed by atoms with Gasteiger partial charge in [-0.3, -0.25) is 0 Å². The fraction of sp³-hybridized carbons (Fsp3) is 0.800. The van der Waals surface area contributed by atoms with E-state index in [1.807, 2.05) is 0 Å². The first-order valence-corrected chi connectivity index (χ1v) is 7.17. The van der Waals surface area contributed by atoms with Gasteiger partial charge in [-0.05, 0) is 13.8 Å². The molecule has 1 saturated heterocycles. The summed E-state index contributed by atoms with van der Waals surface area (Å²) >= 11 is 0. The van der Waals surface area contributed by atoms with Crippen molar-refractivity contribution in [1.82, 2.24) is 0 Å². The molecular formula is C15H21F5O5. The van der Waals surface area contributed by atoms with E-state index in [0.29, 0.717) is 7.11 Å². The molecule has 1 fully saturated rings. The minimum atomic E-state index is -5.54. The predicted octanol–water partition coefficient (Wildman–Crippen LogP) is 3.09. The fourth-order valence-corrected chi connectivity index (χ4v) is 2.65. The van der Waals surface area contributed by atoms with Gasteiger partial charge in [-0.2, -0.15) is 22.0 Å². The van der Waals surface area contributed by atoms with E-state index in [4.69, 9.17) is 9.47 Å². The van der Waals surface area contributed by atoms with Crippen LogP contribution in [-0.4, -0.2) is 56.9 Å². The summed E-state index contributed by atoms with van der Waals surface area (Å²) in [5, 5.41) is 0. The summed E-state index contributed by atoms with van der Waals surface area (Å²) in [7, 11) is 1.32. The van der Waals surface area contributed by atoms with Crippen LogP contribution in [0.1, 0.15) is 20.8 Å². The lowest BCUT2D eigenvalue weighted by molar-refractivity contribution is -0.495. The standard InChI is InChI=1S/C15H21F5O5/c1-9(2)10(21)24-7-11(3)8-25-14(23-6,15(18,19)20)13(16,17)12(11,4)22-5/h1,7-8H2,2-6H3. The van der Waals surface area contributed by atoms with E-state index in [1.165, 1.54) is 13.8 Å².